The van der Waals surface area contributed by atoms with Crippen LogP contribution in [0.1, 0.15) is 44.5 Å². The molecule has 294 valence electrons. The number of nitrogens with zero attached hydrogens (tertiary/aromatic N) is 1. The van der Waals surface area contributed by atoms with E-state index in [2.05, 4.69) is 266 Å². The van der Waals surface area contributed by atoms with Crippen LogP contribution in [0, 0.1) is 0 Å². The van der Waals surface area contributed by atoms with Crippen LogP contribution in [0.25, 0.3) is 44.8 Å². The molecule has 0 unspecified atom stereocenters. The van der Waals surface area contributed by atoms with Crippen molar-refractivity contribution in [3.05, 3.63) is 293 Å². The van der Waals surface area contributed by atoms with Crippen molar-refractivity contribution in [2.24, 2.45) is 0 Å². The monoisotopic (exact) mass is 791 g/mol. The largest absolute Gasteiger partial charge is 0.311 e. The lowest BCUT2D eigenvalue weighted by atomic mass is 9.91. The van der Waals surface area contributed by atoms with E-state index in [-0.39, 0.29) is 0 Å². The molecule has 10 rings (SSSR count). The van der Waals surface area contributed by atoms with Crippen molar-refractivity contribution in [3.8, 4) is 0 Å². The van der Waals surface area contributed by atoms with Crippen molar-refractivity contribution in [3.63, 3.8) is 0 Å². The molecule has 10 aromatic rings. The summed E-state index contributed by atoms with van der Waals surface area (Å²) in [4.78, 5) is 2.36. The zero-order valence-electron chi connectivity index (χ0n) is 34.5. The third kappa shape index (κ3) is 8.26. The number of fused-ring (bicyclic) bond motifs is 2. The molecule has 0 atom stereocenters. The van der Waals surface area contributed by atoms with Gasteiger partial charge in [-0.15, -0.1) is 0 Å². The Morgan fingerprint density at radius 2 is 0.661 bits per heavy atom. The first kappa shape index (κ1) is 38.2. The van der Waals surface area contributed by atoms with E-state index >= 15 is 0 Å². The minimum absolute atomic E-state index is 0.893. The summed E-state index contributed by atoms with van der Waals surface area (Å²) in [5, 5.41) is 4.96. The first-order valence-electron chi connectivity index (χ1n) is 21.4. The van der Waals surface area contributed by atoms with Gasteiger partial charge >= 0.3 is 0 Å². The Morgan fingerprint density at radius 1 is 0.306 bits per heavy atom. The number of anilines is 3. The Balaban J connectivity index is 1.04. The average Bonchev–Trinajstić information content (AvgIpc) is 3.34. The van der Waals surface area contributed by atoms with Gasteiger partial charge < -0.3 is 4.90 Å². The molecule has 0 saturated carbocycles. The lowest BCUT2D eigenvalue weighted by Crippen LogP contribution is -2.10. The summed E-state index contributed by atoms with van der Waals surface area (Å²) in [7, 11) is 0. The molecule has 10 aromatic carbocycles. The summed E-state index contributed by atoms with van der Waals surface area (Å²) in [6.45, 7) is 0. The Morgan fingerprint density at radius 3 is 1.11 bits per heavy atom. The average molecular weight is 792 g/mol. The normalized spacial score (nSPS) is 11.8. The van der Waals surface area contributed by atoms with E-state index in [1.54, 1.807) is 0 Å². The highest BCUT2D eigenvalue weighted by Gasteiger charge is 2.15. The van der Waals surface area contributed by atoms with Crippen LogP contribution in [-0.2, 0) is 6.42 Å². The summed E-state index contributed by atoms with van der Waals surface area (Å²) in [5.41, 5.74) is 15.4. The molecule has 1 nitrogen and oxygen atoms in total. The third-order valence-corrected chi connectivity index (χ3v) is 11.7. The highest BCUT2D eigenvalue weighted by atomic mass is 15.1. The molecule has 0 heterocycles. The molecule has 0 bridgehead atoms. The highest BCUT2D eigenvalue weighted by molar-refractivity contribution is 6.04. The smallest absolute Gasteiger partial charge is 0.0462 e. The molecule has 0 radical (unpaired) electrons. The van der Waals surface area contributed by atoms with Crippen molar-refractivity contribution >= 4 is 61.9 Å². The van der Waals surface area contributed by atoms with E-state index in [0.717, 1.165) is 34.6 Å². The van der Waals surface area contributed by atoms with Gasteiger partial charge in [0.1, 0.15) is 0 Å². The predicted octanol–water partition coefficient (Wildman–Crippen LogP) is 16.2. The van der Waals surface area contributed by atoms with Crippen LogP contribution in [-0.4, -0.2) is 0 Å². The van der Waals surface area contributed by atoms with Crippen molar-refractivity contribution < 1.29 is 0 Å². The molecule has 0 aliphatic rings. The third-order valence-electron chi connectivity index (χ3n) is 11.7. The van der Waals surface area contributed by atoms with E-state index in [4.69, 9.17) is 0 Å². The molecule has 0 fully saturated rings. The molecule has 0 aliphatic carbocycles. The fourth-order valence-electron chi connectivity index (χ4n) is 8.60. The number of hydrogen-bond donors (Lipinski definition) is 0. The zero-order chi connectivity index (χ0) is 41.5. The van der Waals surface area contributed by atoms with Gasteiger partial charge in [-0.1, -0.05) is 212 Å². The Labute approximate surface area is 364 Å². The van der Waals surface area contributed by atoms with Crippen LogP contribution in [0.3, 0.4) is 0 Å². The number of rotatable bonds is 11. The predicted molar refractivity (Wildman–Crippen MR) is 265 cm³/mol. The van der Waals surface area contributed by atoms with Gasteiger partial charge in [0.05, 0.1) is 0 Å². The second-order valence-corrected chi connectivity index (χ2v) is 15.7. The van der Waals surface area contributed by atoms with E-state index in [0.29, 0.717) is 0 Å². The number of hydrogen-bond acceptors (Lipinski definition) is 1. The summed E-state index contributed by atoms with van der Waals surface area (Å²) < 4.78 is 0. The SMILES string of the molecule is C(=C(/c1ccccc1)c1cccc2ccccc12)/c1ccc(N(c2ccc(/C=C(\c3ccccc3)c3cccc4ccccc34)cc2)c2ccc(Cc3ccccc3)cc2)cc1. The van der Waals surface area contributed by atoms with Gasteiger partial charge in [0.2, 0.25) is 0 Å². The minimum Gasteiger partial charge on any atom is -0.311 e. The molecular weight excluding hydrogens is 747 g/mol. The van der Waals surface area contributed by atoms with Gasteiger partial charge in [-0.05, 0) is 132 Å². The van der Waals surface area contributed by atoms with Crippen LogP contribution in [0.2, 0.25) is 0 Å². The quantitative estimate of drug-likeness (QED) is 0.118. The van der Waals surface area contributed by atoms with Crippen molar-refractivity contribution in [2.45, 2.75) is 6.42 Å². The summed E-state index contributed by atoms with van der Waals surface area (Å²) in [6.07, 6.45) is 5.54. The maximum atomic E-state index is 2.36. The van der Waals surface area contributed by atoms with Gasteiger partial charge in [0.25, 0.3) is 0 Å². The molecular formula is C61H45N. The lowest BCUT2D eigenvalue weighted by Gasteiger charge is -2.26. The fraction of sp³-hybridized carbons (Fsp3) is 0.0164. The fourth-order valence-corrected chi connectivity index (χ4v) is 8.60. The van der Waals surface area contributed by atoms with Crippen LogP contribution < -0.4 is 4.90 Å². The van der Waals surface area contributed by atoms with Gasteiger partial charge in [-0.3, -0.25) is 0 Å². The van der Waals surface area contributed by atoms with Gasteiger partial charge in [-0.25, -0.2) is 0 Å². The van der Waals surface area contributed by atoms with Crippen molar-refractivity contribution in [1.29, 1.82) is 0 Å². The van der Waals surface area contributed by atoms with E-state index in [1.807, 2.05) is 0 Å². The van der Waals surface area contributed by atoms with Gasteiger partial charge in [0, 0.05) is 17.1 Å². The Bertz CT molecular complexity index is 2960. The lowest BCUT2D eigenvalue weighted by molar-refractivity contribution is 1.18. The molecule has 0 amide bonds. The Hall–Kier alpha value is -8.00. The zero-order valence-corrected chi connectivity index (χ0v) is 34.5. The summed E-state index contributed by atoms with van der Waals surface area (Å²) >= 11 is 0. The first-order valence-corrected chi connectivity index (χ1v) is 21.4. The minimum atomic E-state index is 0.893. The van der Waals surface area contributed by atoms with Gasteiger partial charge in [0.15, 0.2) is 0 Å². The molecule has 0 N–H and O–H groups in total. The standard InChI is InChI=1S/C61H45N/c1-4-16-45(17-5-1)42-46-30-36-53(37-31-46)62(54-38-32-47(33-39-54)43-60(51-18-6-2-7-19-51)58-28-14-24-49-22-10-12-26-56(49)58)55-40-34-48(35-41-55)44-61(52-20-8-3-9-21-52)59-29-15-25-50-23-11-13-27-57(50)59/h1-41,43-44H,42H2/b60-43+,61-44+. The topological polar surface area (TPSA) is 3.24 Å². The highest BCUT2D eigenvalue weighted by Crippen LogP contribution is 2.38. The van der Waals surface area contributed by atoms with E-state index in [9.17, 15) is 0 Å². The van der Waals surface area contributed by atoms with Crippen LogP contribution in [0.4, 0.5) is 17.1 Å². The maximum Gasteiger partial charge on any atom is 0.0462 e. The van der Waals surface area contributed by atoms with Crippen LogP contribution in [0.5, 0.6) is 0 Å². The maximum absolute atomic E-state index is 2.36. The molecule has 1 heteroatoms. The Kier molecular flexibility index (Phi) is 10.9. The van der Waals surface area contributed by atoms with Crippen molar-refractivity contribution in [1.82, 2.24) is 0 Å². The molecule has 0 aliphatic heterocycles. The molecule has 0 saturated heterocycles. The van der Waals surface area contributed by atoms with Crippen LogP contribution in [0.15, 0.2) is 249 Å². The second kappa shape index (κ2) is 17.7. The summed E-state index contributed by atoms with van der Waals surface area (Å²) in [6, 6.07) is 89.6. The summed E-state index contributed by atoms with van der Waals surface area (Å²) in [5.74, 6) is 0. The van der Waals surface area contributed by atoms with Gasteiger partial charge in [-0.2, -0.15) is 0 Å². The first-order chi connectivity index (χ1) is 30.7. The van der Waals surface area contributed by atoms with Crippen molar-refractivity contribution in [2.75, 3.05) is 4.90 Å². The molecule has 62 heavy (non-hydrogen) atoms. The molecule has 0 aromatic heterocycles. The van der Waals surface area contributed by atoms with E-state index in [1.165, 1.54) is 66.1 Å². The van der Waals surface area contributed by atoms with E-state index < -0.39 is 0 Å². The second-order valence-electron chi connectivity index (χ2n) is 15.7. The number of benzene rings is 10. The molecule has 0 spiro atoms. The van der Waals surface area contributed by atoms with Crippen LogP contribution >= 0.6 is 0 Å².